The van der Waals surface area contributed by atoms with Crippen molar-refractivity contribution in [3.63, 3.8) is 0 Å². The summed E-state index contributed by atoms with van der Waals surface area (Å²) in [5.41, 5.74) is -0.588. The normalized spacial score (nSPS) is 9.83. The smallest absolute Gasteiger partial charge is 0.201 e. The number of aromatic hydroxyl groups is 3. The minimum atomic E-state index is -1.66. The van der Waals surface area contributed by atoms with Gasteiger partial charge < -0.3 is 25.2 Å². The maximum absolute atomic E-state index is 10.3. The molecular formula is C16H18ClNO5. The third-order valence-corrected chi connectivity index (χ3v) is 3.34. The van der Waals surface area contributed by atoms with Crippen molar-refractivity contribution in [2.75, 3.05) is 0 Å². The first kappa shape index (κ1) is 18.6. The van der Waals surface area contributed by atoms with Crippen LogP contribution in [0.1, 0.15) is 30.1 Å². The first-order chi connectivity index (χ1) is 10.9. The minimum Gasteiger partial charge on any atom is -0.545 e. The molecule has 1 aromatic heterocycles. The molecular weight excluding hydrogens is 322 g/mol. The van der Waals surface area contributed by atoms with Gasteiger partial charge >= 0.3 is 0 Å². The van der Waals surface area contributed by atoms with Gasteiger partial charge in [-0.3, -0.25) is 0 Å². The molecule has 0 aliphatic heterocycles. The van der Waals surface area contributed by atoms with Crippen LogP contribution in [0.4, 0.5) is 0 Å². The molecule has 0 bridgehead atoms. The number of carbonyl (C=O) groups excluding carboxylic acids is 1. The molecule has 0 radical (unpaired) electrons. The highest BCUT2D eigenvalue weighted by Crippen LogP contribution is 2.42. The topological polar surface area (TPSA) is 105 Å². The zero-order valence-corrected chi connectivity index (χ0v) is 13.3. The molecule has 23 heavy (non-hydrogen) atoms. The van der Waals surface area contributed by atoms with Crippen LogP contribution in [0.3, 0.4) is 0 Å². The summed E-state index contributed by atoms with van der Waals surface area (Å²) >= 11 is 5.32. The Kier molecular flexibility index (Phi) is 7.15. The predicted octanol–water partition coefficient (Wildman–Crippen LogP) is 1.59. The number of carbonyl (C=O) groups is 1. The van der Waals surface area contributed by atoms with E-state index in [9.17, 15) is 9.90 Å². The molecule has 2 aromatic rings. The van der Waals surface area contributed by atoms with Gasteiger partial charge in [-0.15, -0.1) is 0 Å². The molecule has 0 aliphatic carbocycles. The lowest BCUT2D eigenvalue weighted by Crippen LogP contribution is -2.31. The number of benzene rings is 1. The van der Waals surface area contributed by atoms with Gasteiger partial charge in [0, 0.05) is 24.1 Å². The highest BCUT2D eigenvalue weighted by Gasteiger charge is 2.15. The fourth-order valence-corrected chi connectivity index (χ4v) is 1.92. The third-order valence-electron chi connectivity index (χ3n) is 2.96. The summed E-state index contributed by atoms with van der Waals surface area (Å²) in [4.78, 5) is 10.3. The molecule has 0 amide bonds. The molecule has 0 unspecified atom stereocenters. The largest absolute Gasteiger partial charge is 0.545 e. The molecule has 0 saturated carbocycles. The van der Waals surface area contributed by atoms with Crippen LogP contribution >= 0.6 is 11.6 Å². The van der Waals surface area contributed by atoms with Crippen molar-refractivity contribution in [2.45, 2.75) is 26.3 Å². The van der Waals surface area contributed by atoms with Gasteiger partial charge in [0.1, 0.15) is 6.54 Å². The molecule has 124 valence electrons. The first-order valence-corrected chi connectivity index (χ1v) is 7.35. The van der Waals surface area contributed by atoms with E-state index in [-0.39, 0.29) is 0 Å². The minimum absolute atomic E-state index is 0.574. The highest BCUT2D eigenvalue weighted by atomic mass is 35.5. The zero-order valence-electron chi connectivity index (χ0n) is 12.6. The molecule has 0 spiro atoms. The fourth-order valence-electron chi connectivity index (χ4n) is 1.69. The van der Waals surface area contributed by atoms with E-state index in [4.69, 9.17) is 26.9 Å². The molecule has 0 fully saturated rings. The molecule has 0 saturated heterocycles. The molecule has 0 atom stereocenters. The van der Waals surface area contributed by atoms with E-state index in [0.717, 1.165) is 6.54 Å². The van der Waals surface area contributed by atoms with Gasteiger partial charge in [0.2, 0.25) is 5.75 Å². The van der Waals surface area contributed by atoms with Crippen molar-refractivity contribution in [2.24, 2.45) is 0 Å². The summed E-state index contributed by atoms with van der Waals surface area (Å²) < 4.78 is 2.21. The van der Waals surface area contributed by atoms with Crippen LogP contribution in [-0.2, 0) is 6.54 Å². The Morgan fingerprint density at radius 2 is 1.78 bits per heavy atom. The van der Waals surface area contributed by atoms with Gasteiger partial charge in [0.25, 0.3) is 0 Å². The summed E-state index contributed by atoms with van der Waals surface area (Å²) in [6.07, 6.45) is 6.75. The van der Waals surface area contributed by atoms with E-state index in [1.807, 2.05) is 6.07 Å². The van der Waals surface area contributed by atoms with Crippen molar-refractivity contribution in [1.82, 2.24) is 0 Å². The predicted molar refractivity (Wildman–Crippen MR) is 82.3 cm³/mol. The number of nitrogens with zero attached hydrogens (tertiary/aromatic N) is 1. The maximum atomic E-state index is 10.3. The number of hydrogen-bond donors (Lipinski definition) is 3. The number of rotatable bonds is 4. The van der Waals surface area contributed by atoms with Crippen LogP contribution < -0.4 is 9.67 Å². The third kappa shape index (κ3) is 5.34. The molecule has 1 heterocycles. The van der Waals surface area contributed by atoms with E-state index in [0.29, 0.717) is 6.07 Å². The van der Waals surface area contributed by atoms with Crippen molar-refractivity contribution in [1.29, 1.82) is 0 Å². The molecule has 1 aromatic carbocycles. The summed E-state index contributed by atoms with van der Waals surface area (Å²) in [5.74, 6) is -4.19. The van der Waals surface area contributed by atoms with E-state index in [2.05, 4.69) is 36.0 Å². The van der Waals surface area contributed by atoms with Gasteiger partial charge in [-0.25, -0.2) is 4.57 Å². The molecule has 2 rings (SSSR count). The number of aromatic nitrogens is 1. The van der Waals surface area contributed by atoms with Gasteiger partial charge in [-0.1, -0.05) is 31.0 Å². The Hall–Kier alpha value is -2.47. The monoisotopic (exact) mass is 339 g/mol. The van der Waals surface area contributed by atoms with Crippen LogP contribution in [0.15, 0.2) is 36.7 Å². The van der Waals surface area contributed by atoms with Crippen molar-refractivity contribution < 1.29 is 29.8 Å². The van der Waals surface area contributed by atoms with Gasteiger partial charge in [-0.05, 0) is 6.07 Å². The number of pyridine rings is 1. The van der Waals surface area contributed by atoms with Gasteiger partial charge in [0.05, 0.1) is 11.0 Å². The Balaban J connectivity index is 0.000000238. The van der Waals surface area contributed by atoms with Crippen molar-refractivity contribution in [3.05, 3.63) is 47.2 Å². The number of phenolic OH excluding ortho intramolecular Hbond substituents is 3. The van der Waals surface area contributed by atoms with E-state index < -0.39 is 33.8 Å². The van der Waals surface area contributed by atoms with Crippen LogP contribution in [0.2, 0.25) is 5.02 Å². The number of aryl methyl sites for hydroxylation is 1. The van der Waals surface area contributed by atoms with E-state index >= 15 is 0 Å². The average molecular weight is 340 g/mol. The Morgan fingerprint density at radius 1 is 1.17 bits per heavy atom. The Morgan fingerprint density at radius 3 is 2.30 bits per heavy atom. The molecule has 6 nitrogen and oxygen atoms in total. The van der Waals surface area contributed by atoms with Crippen LogP contribution in [-0.4, -0.2) is 21.3 Å². The van der Waals surface area contributed by atoms with Crippen molar-refractivity contribution in [3.8, 4) is 17.2 Å². The van der Waals surface area contributed by atoms with Crippen molar-refractivity contribution >= 4 is 17.6 Å². The molecule has 3 N–H and O–H groups in total. The van der Waals surface area contributed by atoms with Gasteiger partial charge in [0.15, 0.2) is 23.9 Å². The number of halogens is 1. The lowest BCUT2D eigenvalue weighted by Gasteiger charge is -2.09. The molecule has 7 heteroatoms. The SMILES string of the molecule is CCCC[n+]1ccccc1.O=C([O-])c1cc(O)c(O)c(O)c1Cl. The van der Waals surface area contributed by atoms with Crippen LogP contribution in [0.25, 0.3) is 0 Å². The quantitative estimate of drug-likeness (QED) is 0.579. The average Bonchev–Trinajstić information content (AvgIpc) is 2.55. The van der Waals surface area contributed by atoms with Gasteiger partial charge in [-0.2, -0.15) is 0 Å². The fraction of sp³-hybridized carbons (Fsp3) is 0.250. The Labute approximate surface area is 138 Å². The number of aromatic carboxylic acids is 1. The number of phenols is 3. The second kappa shape index (κ2) is 8.85. The summed E-state index contributed by atoms with van der Waals surface area (Å²) in [5, 5.41) is 36.5. The number of carboxylic acid groups (broad SMARTS) is 1. The summed E-state index contributed by atoms with van der Waals surface area (Å²) in [7, 11) is 0. The maximum Gasteiger partial charge on any atom is 0.201 e. The second-order valence-electron chi connectivity index (χ2n) is 4.71. The standard InChI is InChI=1S/C9H14N.C7H5ClO5/c1-2-3-7-10-8-5-4-6-9-10;8-4-2(7(12)13)1-3(9)5(10)6(4)11/h4-6,8-9H,2-3,7H2,1H3;1,9-11H,(H,12,13)/q+1;/p-1. The number of unbranched alkanes of at least 4 members (excludes halogenated alkanes) is 1. The zero-order chi connectivity index (χ0) is 17.4. The number of hydrogen-bond acceptors (Lipinski definition) is 5. The highest BCUT2D eigenvalue weighted by molar-refractivity contribution is 6.35. The lowest BCUT2D eigenvalue weighted by atomic mass is 10.2. The first-order valence-electron chi connectivity index (χ1n) is 6.97. The Bertz CT molecular complexity index is 661. The summed E-state index contributed by atoms with van der Waals surface area (Å²) in [6, 6.07) is 6.86. The van der Waals surface area contributed by atoms with Crippen LogP contribution in [0.5, 0.6) is 17.2 Å². The molecule has 0 aliphatic rings. The van der Waals surface area contributed by atoms with Crippen LogP contribution in [0, 0.1) is 0 Å². The second-order valence-corrected chi connectivity index (χ2v) is 5.09. The lowest BCUT2D eigenvalue weighted by molar-refractivity contribution is -0.697. The number of carboxylic acids is 1. The summed E-state index contributed by atoms with van der Waals surface area (Å²) in [6.45, 7) is 3.36. The van der Waals surface area contributed by atoms with E-state index in [1.165, 1.54) is 12.8 Å². The van der Waals surface area contributed by atoms with E-state index in [1.54, 1.807) is 0 Å².